The normalized spacial score (nSPS) is 14.7. The van der Waals surface area contributed by atoms with E-state index < -0.39 is 18.5 Å². The van der Waals surface area contributed by atoms with Crippen LogP contribution >= 0.6 is 0 Å². The highest BCUT2D eigenvalue weighted by Crippen LogP contribution is 2.07. The molecule has 0 aliphatic carbocycles. The monoisotopic (exact) mass is 180 g/mol. The molecule has 0 aromatic rings. The molecule has 12 heavy (non-hydrogen) atoms. The average Bonchev–Trinajstić information content (AvgIpc) is 1.84. The van der Waals surface area contributed by atoms with E-state index in [0.717, 1.165) is 0 Å². The van der Waals surface area contributed by atoms with Crippen molar-refractivity contribution in [1.29, 1.82) is 0 Å². The van der Waals surface area contributed by atoms with E-state index in [1.807, 2.05) is 0 Å². The van der Waals surface area contributed by atoms with Crippen molar-refractivity contribution in [2.45, 2.75) is 11.9 Å². The molecule has 6 heteroatoms. The van der Waals surface area contributed by atoms with Gasteiger partial charge in [-0.05, 0) is 0 Å². The molecule has 0 saturated heterocycles. The molecular weight excluding hydrogens is 169 g/mol. The summed E-state index contributed by atoms with van der Waals surface area (Å²) in [7, 11) is 5.71. The quantitative estimate of drug-likeness (QED) is 0.574. The molecule has 0 amide bonds. The first-order valence-corrected chi connectivity index (χ1v) is 3.37. The van der Waals surface area contributed by atoms with E-state index in [9.17, 15) is 8.78 Å². The van der Waals surface area contributed by atoms with Crippen molar-refractivity contribution in [2.24, 2.45) is 0 Å². The summed E-state index contributed by atoms with van der Waals surface area (Å²) in [5, 5.41) is 8.91. The third kappa shape index (κ3) is 7.91. The van der Waals surface area contributed by atoms with Gasteiger partial charge in [-0.3, -0.25) is 0 Å². The fraction of sp³-hybridized carbons (Fsp3) is 1.00. The smallest absolute Gasteiger partial charge is 0.222 e. The summed E-state index contributed by atoms with van der Waals surface area (Å²) in [4.78, 5) is 0. The summed E-state index contributed by atoms with van der Waals surface area (Å²) in [6.07, 6.45) is -0.891. The molecule has 0 aliphatic rings. The van der Waals surface area contributed by atoms with Gasteiger partial charge in [-0.2, -0.15) is 0 Å². The zero-order chi connectivity index (χ0) is 9.61. The van der Waals surface area contributed by atoms with Gasteiger partial charge in [-0.25, -0.2) is 8.78 Å². The Morgan fingerprint density at radius 2 is 2.08 bits per heavy atom. The van der Waals surface area contributed by atoms with Gasteiger partial charge < -0.3 is 14.6 Å². The molecule has 1 N–H and O–H groups in total. The van der Waals surface area contributed by atoms with Gasteiger partial charge in [-0.1, -0.05) is 0 Å². The molecule has 0 aliphatic heterocycles. The largest absolute Gasteiger partial charge is 0.388 e. The zero-order valence-electron chi connectivity index (χ0n) is 6.80. The standard InChI is InChI=1S/C6H11BF2O3/c1-11-2-5(10)3-12-4-6(7,8)9/h5,10H,2-4H2,1H3. The molecule has 0 fully saturated rings. The number of aliphatic hydroxyl groups is 1. The lowest BCUT2D eigenvalue weighted by Crippen LogP contribution is -2.28. The number of hydrogen-bond acceptors (Lipinski definition) is 3. The number of rotatable bonds is 6. The minimum absolute atomic E-state index is 0.0517. The second-order valence-corrected chi connectivity index (χ2v) is 2.39. The van der Waals surface area contributed by atoms with E-state index in [1.54, 1.807) is 0 Å². The van der Waals surface area contributed by atoms with Crippen LogP contribution in [0.1, 0.15) is 0 Å². The number of methoxy groups -OCH3 is 1. The fourth-order valence-electron chi connectivity index (χ4n) is 0.572. The van der Waals surface area contributed by atoms with Crippen LogP contribution in [-0.4, -0.2) is 51.8 Å². The fourth-order valence-corrected chi connectivity index (χ4v) is 0.572. The van der Waals surface area contributed by atoms with Gasteiger partial charge in [0.25, 0.3) is 0 Å². The Kier molecular flexibility index (Phi) is 5.36. The van der Waals surface area contributed by atoms with Gasteiger partial charge in [0.05, 0.1) is 13.2 Å². The highest BCUT2D eigenvalue weighted by Gasteiger charge is 2.20. The first-order chi connectivity index (χ1) is 5.45. The van der Waals surface area contributed by atoms with Crippen LogP contribution in [0.4, 0.5) is 8.78 Å². The van der Waals surface area contributed by atoms with Gasteiger partial charge in [0.15, 0.2) is 7.85 Å². The van der Waals surface area contributed by atoms with Crippen LogP contribution in [0.25, 0.3) is 0 Å². The van der Waals surface area contributed by atoms with Crippen LogP contribution in [0.15, 0.2) is 0 Å². The van der Waals surface area contributed by atoms with Gasteiger partial charge >= 0.3 is 0 Å². The van der Waals surface area contributed by atoms with Crippen LogP contribution < -0.4 is 0 Å². The number of alkyl halides is 2. The third-order valence-corrected chi connectivity index (χ3v) is 0.964. The second-order valence-electron chi connectivity index (χ2n) is 2.39. The molecular formula is C6H11BF2O3. The molecule has 0 spiro atoms. The lowest BCUT2D eigenvalue weighted by atomic mass is 10.0. The highest BCUT2D eigenvalue weighted by atomic mass is 19.3. The maximum atomic E-state index is 11.9. The van der Waals surface area contributed by atoms with Crippen LogP contribution in [-0.2, 0) is 9.47 Å². The Balaban J connectivity index is 3.31. The van der Waals surface area contributed by atoms with E-state index in [2.05, 4.69) is 17.3 Å². The van der Waals surface area contributed by atoms with Crippen molar-refractivity contribution in [2.75, 3.05) is 26.9 Å². The molecule has 70 valence electrons. The molecule has 1 atom stereocenters. The van der Waals surface area contributed by atoms with Gasteiger partial charge in [0.2, 0.25) is 5.82 Å². The Hall–Kier alpha value is -0.195. The summed E-state index contributed by atoms with van der Waals surface area (Å²) in [5.41, 5.74) is 0. The maximum Gasteiger partial charge on any atom is 0.222 e. The van der Waals surface area contributed by atoms with Gasteiger partial charge in [-0.15, -0.1) is 0 Å². The van der Waals surface area contributed by atoms with E-state index >= 15 is 0 Å². The van der Waals surface area contributed by atoms with E-state index in [4.69, 9.17) is 5.11 Å². The molecule has 0 bridgehead atoms. The highest BCUT2D eigenvalue weighted by molar-refractivity contribution is 6.13. The van der Waals surface area contributed by atoms with E-state index in [1.165, 1.54) is 7.11 Å². The lowest BCUT2D eigenvalue weighted by molar-refractivity contribution is -0.0557. The molecule has 1 unspecified atom stereocenters. The van der Waals surface area contributed by atoms with Crippen LogP contribution in [0.3, 0.4) is 0 Å². The lowest BCUT2D eigenvalue weighted by Gasteiger charge is -2.13. The van der Waals surface area contributed by atoms with Crippen LogP contribution in [0, 0.1) is 0 Å². The number of hydrogen-bond donors (Lipinski definition) is 1. The van der Waals surface area contributed by atoms with Gasteiger partial charge in [0, 0.05) is 7.11 Å². The van der Waals surface area contributed by atoms with Crippen molar-refractivity contribution in [1.82, 2.24) is 0 Å². The van der Waals surface area contributed by atoms with Crippen molar-refractivity contribution >= 4 is 7.85 Å². The van der Waals surface area contributed by atoms with Crippen LogP contribution in [0.5, 0.6) is 0 Å². The van der Waals surface area contributed by atoms with Crippen LogP contribution in [0.2, 0.25) is 0 Å². The third-order valence-electron chi connectivity index (χ3n) is 0.964. The summed E-state index contributed by atoms with van der Waals surface area (Å²) in [6.45, 7) is -1.05. The van der Waals surface area contributed by atoms with Crippen molar-refractivity contribution < 1.29 is 23.4 Å². The van der Waals surface area contributed by atoms with Crippen molar-refractivity contribution in [3.63, 3.8) is 0 Å². The van der Waals surface area contributed by atoms with Crippen molar-refractivity contribution in [3.05, 3.63) is 0 Å². The molecule has 0 aromatic carbocycles. The number of ether oxygens (including phenoxy) is 2. The summed E-state index contributed by atoms with van der Waals surface area (Å²) in [5.74, 6) is -3.34. The first kappa shape index (κ1) is 11.8. The molecule has 2 radical (unpaired) electrons. The Morgan fingerprint density at radius 1 is 1.50 bits per heavy atom. The summed E-state index contributed by atoms with van der Waals surface area (Å²) >= 11 is 0. The Labute approximate surface area is 71.1 Å². The topological polar surface area (TPSA) is 38.7 Å². The average molecular weight is 180 g/mol. The minimum atomic E-state index is -3.34. The number of aliphatic hydroxyl groups excluding tert-OH is 1. The van der Waals surface area contributed by atoms with Crippen molar-refractivity contribution in [3.8, 4) is 0 Å². The molecule has 0 saturated carbocycles. The predicted octanol–water partition coefficient (Wildman–Crippen LogP) is -0.228. The van der Waals surface area contributed by atoms with E-state index in [-0.39, 0.29) is 13.2 Å². The molecule has 3 nitrogen and oxygen atoms in total. The first-order valence-electron chi connectivity index (χ1n) is 3.37. The zero-order valence-corrected chi connectivity index (χ0v) is 6.80. The maximum absolute atomic E-state index is 11.9. The Bertz CT molecular complexity index is 118. The SMILES string of the molecule is [B]C(F)(F)COCC(O)COC. The molecule has 0 aromatic heterocycles. The second kappa shape index (κ2) is 5.45. The molecule has 0 rings (SSSR count). The summed E-state index contributed by atoms with van der Waals surface area (Å²) < 4.78 is 32.7. The summed E-state index contributed by atoms with van der Waals surface area (Å²) in [6, 6.07) is 0. The van der Waals surface area contributed by atoms with Gasteiger partial charge in [0.1, 0.15) is 12.7 Å². The number of halogens is 2. The van der Waals surface area contributed by atoms with E-state index in [0.29, 0.717) is 0 Å². The minimum Gasteiger partial charge on any atom is -0.388 e. The molecule has 0 heterocycles. The Morgan fingerprint density at radius 3 is 2.50 bits per heavy atom. The predicted molar refractivity (Wildman–Crippen MR) is 39.4 cm³/mol.